The number of rotatable bonds is 6. The van der Waals surface area contributed by atoms with Crippen LogP contribution in [0.15, 0.2) is 40.9 Å². The molecule has 2 aliphatic carbocycles. The Kier molecular flexibility index (Phi) is 6.57. The lowest BCUT2D eigenvalue weighted by Gasteiger charge is -2.40. The van der Waals surface area contributed by atoms with Crippen molar-refractivity contribution >= 4 is 49.9 Å². The lowest BCUT2D eigenvalue weighted by atomic mass is 9.98. The monoisotopic (exact) mass is 647 g/mol. The summed E-state index contributed by atoms with van der Waals surface area (Å²) in [5.74, 6) is 2.12. The van der Waals surface area contributed by atoms with Crippen molar-refractivity contribution in [3.05, 3.63) is 46.4 Å². The number of amides is 2. The van der Waals surface area contributed by atoms with E-state index < -0.39 is 11.6 Å². The van der Waals surface area contributed by atoms with E-state index in [0.717, 1.165) is 46.3 Å². The third kappa shape index (κ3) is 4.51. The zero-order chi connectivity index (χ0) is 30.4. The summed E-state index contributed by atoms with van der Waals surface area (Å²) in [6.45, 7) is 7.26. The van der Waals surface area contributed by atoms with E-state index in [-0.39, 0.29) is 23.9 Å². The number of carbonyl (C=O) groups is 2. The number of ether oxygens (including phenoxy) is 1. The fourth-order valence-corrected chi connectivity index (χ4v) is 8.24. The molecule has 1 aliphatic heterocycles. The molecule has 0 radical (unpaired) electrons. The molecular formula is C33H38BrN5O4. The van der Waals surface area contributed by atoms with E-state index in [1.54, 1.807) is 12.0 Å². The van der Waals surface area contributed by atoms with Crippen LogP contribution in [0.1, 0.15) is 56.8 Å². The number of carbonyl (C=O) groups excluding carboxylic acids is 1. The molecule has 1 saturated heterocycles. The van der Waals surface area contributed by atoms with Gasteiger partial charge in [-0.3, -0.25) is 9.69 Å². The second kappa shape index (κ2) is 10.0. The predicted molar refractivity (Wildman–Crippen MR) is 170 cm³/mol. The van der Waals surface area contributed by atoms with Crippen LogP contribution in [0.3, 0.4) is 0 Å². The van der Waals surface area contributed by atoms with Gasteiger partial charge in [0.1, 0.15) is 11.3 Å². The van der Waals surface area contributed by atoms with Crippen molar-refractivity contribution in [1.82, 2.24) is 23.9 Å². The predicted octanol–water partition coefficient (Wildman–Crippen LogP) is 6.76. The number of nitrogens with zero attached hydrogens (tertiary/aromatic N) is 5. The maximum absolute atomic E-state index is 14.1. The zero-order valence-corrected chi connectivity index (χ0v) is 26.9. The van der Waals surface area contributed by atoms with Crippen LogP contribution in [-0.4, -0.2) is 72.3 Å². The van der Waals surface area contributed by atoms with Crippen LogP contribution >= 0.6 is 15.9 Å². The summed E-state index contributed by atoms with van der Waals surface area (Å²) in [5.41, 5.74) is 3.70. The molecule has 0 unspecified atom stereocenters. The van der Waals surface area contributed by atoms with E-state index in [2.05, 4.69) is 49.3 Å². The van der Waals surface area contributed by atoms with Gasteiger partial charge in [0, 0.05) is 41.1 Å². The van der Waals surface area contributed by atoms with Crippen molar-refractivity contribution in [3.8, 4) is 17.3 Å². The fourth-order valence-electron chi connectivity index (χ4n) is 7.64. The van der Waals surface area contributed by atoms with Crippen LogP contribution in [0.25, 0.3) is 33.5 Å². The quantitative estimate of drug-likeness (QED) is 0.250. The Bertz CT molecular complexity index is 1780. The highest BCUT2D eigenvalue weighted by atomic mass is 79.9. The second-order valence-electron chi connectivity index (χ2n) is 13.5. The number of aryl methyl sites for hydroxylation is 1. The first-order chi connectivity index (χ1) is 20.5. The van der Waals surface area contributed by atoms with Gasteiger partial charge in [0.2, 0.25) is 0 Å². The van der Waals surface area contributed by atoms with Gasteiger partial charge in [-0.05, 0) is 98.5 Å². The highest BCUT2D eigenvalue weighted by Gasteiger charge is 2.54. The van der Waals surface area contributed by atoms with Gasteiger partial charge in [-0.1, -0.05) is 12.1 Å². The smallest absolute Gasteiger partial charge is 0.408 e. The number of carboxylic acid groups (broad SMARTS) is 1. The van der Waals surface area contributed by atoms with Gasteiger partial charge >= 0.3 is 6.09 Å². The minimum Gasteiger partial charge on any atom is -0.494 e. The van der Waals surface area contributed by atoms with Gasteiger partial charge in [-0.15, -0.1) is 0 Å². The number of likely N-dealkylation sites (tertiary alicyclic amines) is 1. The molecule has 3 heterocycles. The number of benzene rings is 2. The summed E-state index contributed by atoms with van der Waals surface area (Å²) in [4.78, 5) is 35.0. The number of aromatic nitrogens is 3. The van der Waals surface area contributed by atoms with Gasteiger partial charge in [-0.2, -0.15) is 0 Å². The Morgan fingerprint density at radius 2 is 1.88 bits per heavy atom. The summed E-state index contributed by atoms with van der Waals surface area (Å²) < 4.78 is 11.4. The average molecular weight is 649 g/mol. The van der Waals surface area contributed by atoms with Gasteiger partial charge in [0.15, 0.2) is 5.82 Å². The summed E-state index contributed by atoms with van der Waals surface area (Å²) in [6.07, 6.45) is 3.28. The number of imidazole rings is 1. The molecule has 2 aromatic heterocycles. The standard InChI is InChI=1S/C33H38BrN5O4/c1-33(2,3)39(32(41)42)28-20-11-12-24(28)38(17-20)31(40)21-13-23-29(26(15-21)43-5)36(4)30(35-23)25-14-19-7-6-8-22(34)27(19)37(25)16-18-9-10-18/h6-8,13-15,18,20,24,28H,9-12,16-17H2,1-5H3,(H,41,42)/t20-,24-,28-/m1/s1. The maximum Gasteiger partial charge on any atom is 0.408 e. The topological polar surface area (TPSA) is 92.8 Å². The number of methoxy groups -OCH3 is 1. The molecule has 10 heteroatoms. The van der Waals surface area contributed by atoms with Crippen molar-refractivity contribution in [2.75, 3.05) is 13.7 Å². The number of hydrogen-bond acceptors (Lipinski definition) is 4. The van der Waals surface area contributed by atoms with Crippen LogP contribution in [0.2, 0.25) is 0 Å². The van der Waals surface area contributed by atoms with Gasteiger partial charge in [-0.25, -0.2) is 9.78 Å². The van der Waals surface area contributed by atoms with Crippen molar-refractivity contribution in [2.24, 2.45) is 18.9 Å². The summed E-state index contributed by atoms with van der Waals surface area (Å²) in [6, 6.07) is 11.8. The Morgan fingerprint density at radius 3 is 2.56 bits per heavy atom. The van der Waals surface area contributed by atoms with Crippen molar-refractivity contribution in [2.45, 2.75) is 70.6 Å². The summed E-state index contributed by atoms with van der Waals surface area (Å²) in [7, 11) is 3.62. The molecule has 7 rings (SSSR count). The molecule has 3 aliphatic rings. The van der Waals surface area contributed by atoms with E-state index in [1.807, 2.05) is 44.9 Å². The second-order valence-corrected chi connectivity index (χ2v) is 14.3. The third-order valence-electron chi connectivity index (χ3n) is 9.67. The number of halogens is 1. The minimum absolute atomic E-state index is 0.101. The Balaban J connectivity index is 1.29. The van der Waals surface area contributed by atoms with E-state index in [0.29, 0.717) is 29.3 Å². The van der Waals surface area contributed by atoms with Crippen LogP contribution in [0, 0.1) is 11.8 Å². The number of piperidine rings is 1. The minimum atomic E-state index is -0.932. The van der Waals surface area contributed by atoms with Gasteiger partial charge in [0.25, 0.3) is 5.91 Å². The summed E-state index contributed by atoms with van der Waals surface area (Å²) in [5, 5.41) is 11.3. The first-order valence-corrected chi connectivity index (χ1v) is 15.9. The number of para-hydroxylation sites is 1. The molecule has 3 atom stereocenters. The van der Waals surface area contributed by atoms with Crippen molar-refractivity contribution < 1.29 is 19.4 Å². The molecule has 0 spiro atoms. The highest BCUT2D eigenvalue weighted by molar-refractivity contribution is 9.10. The van der Waals surface area contributed by atoms with Crippen molar-refractivity contribution in [3.63, 3.8) is 0 Å². The molecule has 3 fully saturated rings. The van der Waals surface area contributed by atoms with Crippen LogP contribution in [-0.2, 0) is 13.6 Å². The molecule has 226 valence electrons. The van der Waals surface area contributed by atoms with Crippen molar-refractivity contribution in [1.29, 1.82) is 0 Å². The van der Waals surface area contributed by atoms with E-state index in [9.17, 15) is 14.7 Å². The van der Waals surface area contributed by atoms with Crippen LogP contribution in [0.5, 0.6) is 5.75 Å². The number of fused-ring (bicyclic) bond motifs is 4. The molecular weight excluding hydrogens is 610 g/mol. The Hall–Kier alpha value is -3.53. The lowest BCUT2D eigenvalue weighted by molar-refractivity contribution is 0.0503. The Labute approximate surface area is 259 Å². The lowest BCUT2D eigenvalue weighted by Crippen LogP contribution is -2.55. The molecule has 2 saturated carbocycles. The molecule has 1 N–H and O–H groups in total. The first kappa shape index (κ1) is 28.3. The molecule has 2 bridgehead atoms. The van der Waals surface area contributed by atoms with Crippen LogP contribution < -0.4 is 4.74 Å². The molecule has 9 nitrogen and oxygen atoms in total. The average Bonchev–Trinajstić information content (AvgIpc) is 3.26. The number of hydrogen-bond donors (Lipinski definition) is 1. The normalized spacial score (nSPS) is 21.7. The maximum atomic E-state index is 14.1. The SMILES string of the molecule is COc1cc(C(=O)N2C[C@H]3CC[C@@H]2[C@@H]3N(C(=O)O)C(C)(C)C)cc2nc(-c3cc4cccc(Br)c4n3CC3CC3)n(C)c12. The Morgan fingerprint density at radius 1 is 1.12 bits per heavy atom. The molecule has 4 aromatic rings. The first-order valence-electron chi connectivity index (χ1n) is 15.1. The zero-order valence-electron chi connectivity index (χ0n) is 25.3. The largest absolute Gasteiger partial charge is 0.494 e. The summed E-state index contributed by atoms with van der Waals surface area (Å²) >= 11 is 3.78. The molecule has 2 amide bonds. The molecule has 2 aromatic carbocycles. The van der Waals surface area contributed by atoms with Crippen LogP contribution in [0.4, 0.5) is 4.79 Å². The van der Waals surface area contributed by atoms with E-state index >= 15 is 0 Å². The highest BCUT2D eigenvalue weighted by Crippen LogP contribution is 2.44. The van der Waals surface area contributed by atoms with Gasteiger partial charge in [0.05, 0.1) is 35.9 Å². The van der Waals surface area contributed by atoms with Gasteiger partial charge < -0.3 is 23.9 Å². The van der Waals surface area contributed by atoms with E-state index in [1.165, 1.54) is 18.4 Å². The fraction of sp³-hybridized carbons (Fsp3) is 0.485. The third-order valence-corrected chi connectivity index (χ3v) is 10.3. The molecule has 43 heavy (non-hydrogen) atoms. The van der Waals surface area contributed by atoms with E-state index in [4.69, 9.17) is 9.72 Å².